The van der Waals surface area contributed by atoms with Gasteiger partial charge in [0.15, 0.2) is 6.29 Å². The van der Waals surface area contributed by atoms with Crippen molar-refractivity contribution in [1.82, 2.24) is 4.98 Å². The van der Waals surface area contributed by atoms with E-state index in [1.807, 2.05) is 24.3 Å². The first-order valence-electron chi connectivity index (χ1n) is 5.75. The van der Waals surface area contributed by atoms with Crippen LogP contribution in [0.2, 0.25) is 0 Å². The fourth-order valence-corrected chi connectivity index (χ4v) is 3.74. The smallest absolute Gasteiger partial charge is 0.151 e. The first-order valence-corrected chi connectivity index (χ1v) is 6.57. The molecule has 86 valence electrons. The molecule has 0 radical (unpaired) electrons. The molecular weight excluding hydrogens is 242 g/mol. The van der Waals surface area contributed by atoms with Crippen molar-refractivity contribution in [1.29, 1.82) is 0 Å². The van der Waals surface area contributed by atoms with Crippen molar-refractivity contribution in [2.45, 2.75) is 0 Å². The highest BCUT2D eigenvalue weighted by molar-refractivity contribution is 7.27. The zero-order valence-electron chi connectivity index (χ0n) is 9.44. The molecule has 0 aliphatic heterocycles. The molecule has 4 rings (SSSR count). The SMILES string of the molecule is O=Cc1cccc2c1sc1c3ccccc3[nH]c21. The van der Waals surface area contributed by atoms with Gasteiger partial charge in [-0.05, 0) is 6.07 Å². The first kappa shape index (κ1) is 9.85. The van der Waals surface area contributed by atoms with Crippen LogP contribution in [-0.2, 0) is 0 Å². The highest BCUT2D eigenvalue weighted by Gasteiger charge is 2.12. The number of rotatable bonds is 1. The Morgan fingerprint density at radius 1 is 0.944 bits per heavy atom. The van der Waals surface area contributed by atoms with Crippen molar-refractivity contribution in [2.75, 3.05) is 0 Å². The van der Waals surface area contributed by atoms with Gasteiger partial charge >= 0.3 is 0 Å². The monoisotopic (exact) mass is 251 g/mol. The summed E-state index contributed by atoms with van der Waals surface area (Å²) in [4.78, 5) is 14.5. The molecule has 0 saturated heterocycles. The average Bonchev–Trinajstić information content (AvgIpc) is 2.94. The Bertz CT molecular complexity index is 901. The van der Waals surface area contributed by atoms with Gasteiger partial charge in [0.05, 0.1) is 10.2 Å². The summed E-state index contributed by atoms with van der Waals surface area (Å²) >= 11 is 1.69. The quantitative estimate of drug-likeness (QED) is 0.501. The molecule has 1 N–H and O–H groups in total. The number of fused-ring (bicyclic) bond motifs is 5. The van der Waals surface area contributed by atoms with E-state index < -0.39 is 0 Å². The summed E-state index contributed by atoms with van der Waals surface area (Å²) in [5.74, 6) is 0. The van der Waals surface area contributed by atoms with Crippen molar-refractivity contribution >= 4 is 48.8 Å². The number of nitrogens with one attached hydrogen (secondary N) is 1. The number of H-pyrrole nitrogens is 1. The first-order chi connectivity index (χ1) is 8.88. The average molecular weight is 251 g/mol. The van der Waals surface area contributed by atoms with Crippen LogP contribution in [0.1, 0.15) is 10.4 Å². The van der Waals surface area contributed by atoms with Gasteiger partial charge in [-0.2, -0.15) is 0 Å². The second-order valence-electron chi connectivity index (χ2n) is 4.32. The van der Waals surface area contributed by atoms with Gasteiger partial charge in [0.2, 0.25) is 0 Å². The highest BCUT2D eigenvalue weighted by atomic mass is 32.1. The van der Waals surface area contributed by atoms with Crippen molar-refractivity contribution < 1.29 is 4.79 Å². The Morgan fingerprint density at radius 3 is 2.67 bits per heavy atom. The molecule has 0 atom stereocenters. The van der Waals surface area contributed by atoms with Crippen LogP contribution in [0.25, 0.3) is 31.2 Å². The number of hydrogen-bond donors (Lipinski definition) is 1. The molecule has 3 heteroatoms. The van der Waals surface area contributed by atoms with E-state index in [-0.39, 0.29) is 0 Å². The van der Waals surface area contributed by atoms with E-state index >= 15 is 0 Å². The summed E-state index contributed by atoms with van der Waals surface area (Å²) in [5.41, 5.74) is 3.06. The van der Waals surface area contributed by atoms with Crippen LogP contribution < -0.4 is 0 Å². The van der Waals surface area contributed by atoms with Crippen LogP contribution >= 0.6 is 11.3 Å². The van der Waals surface area contributed by atoms with E-state index in [0.717, 1.165) is 33.0 Å². The third kappa shape index (κ3) is 1.14. The van der Waals surface area contributed by atoms with Gasteiger partial charge in [0.25, 0.3) is 0 Å². The summed E-state index contributed by atoms with van der Waals surface area (Å²) < 4.78 is 2.30. The Hall–Kier alpha value is -2.13. The maximum atomic E-state index is 11.1. The fourth-order valence-electron chi connectivity index (χ4n) is 2.47. The Labute approximate surface area is 107 Å². The standard InChI is InChI=1S/C15H9NOS/c17-8-9-4-3-6-11-13-15(18-14(9)11)10-5-1-2-7-12(10)16-13/h1-8,16H. The van der Waals surface area contributed by atoms with E-state index in [4.69, 9.17) is 0 Å². The van der Waals surface area contributed by atoms with Crippen molar-refractivity contribution in [3.05, 3.63) is 48.0 Å². The predicted octanol–water partition coefficient (Wildman–Crippen LogP) is 4.35. The molecule has 2 aromatic heterocycles. The third-order valence-corrected chi connectivity index (χ3v) is 4.59. The van der Waals surface area contributed by atoms with Gasteiger partial charge < -0.3 is 4.98 Å². The van der Waals surface area contributed by atoms with E-state index in [1.54, 1.807) is 11.3 Å². The third-order valence-electron chi connectivity index (χ3n) is 3.30. The highest BCUT2D eigenvalue weighted by Crippen LogP contribution is 2.39. The predicted molar refractivity (Wildman–Crippen MR) is 76.6 cm³/mol. The number of hydrogen-bond acceptors (Lipinski definition) is 2. The molecule has 4 aromatic rings. The zero-order chi connectivity index (χ0) is 12.1. The summed E-state index contributed by atoms with van der Waals surface area (Å²) in [7, 11) is 0. The number of benzene rings is 2. The number of aromatic nitrogens is 1. The molecule has 0 aliphatic carbocycles. The maximum absolute atomic E-state index is 11.1. The molecule has 0 spiro atoms. The zero-order valence-corrected chi connectivity index (χ0v) is 10.3. The van der Waals surface area contributed by atoms with Crippen LogP contribution in [0.15, 0.2) is 42.5 Å². The molecule has 0 amide bonds. The second kappa shape index (κ2) is 3.43. The molecule has 0 unspecified atom stereocenters. The minimum absolute atomic E-state index is 0.770. The fraction of sp³-hybridized carbons (Fsp3) is 0. The summed E-state index contributed by atoms with van der Waals surface area (Å²) in [5, 5.41) is 2.36. The van der Waals surface area contributed by atoms with E-state index in [2.05, 4.69) is 23.2 Å². The van der Waals surface area contributed by atoms with Gasteiger partial charge in [-0.1, -0.05) is 36.4 Å². The maximum Gasteiger partial charge on any atom is 0.151 e. The lowest BCUT2D eigenvalue weighted by Gasteiger charge is -1.93. The number of aldehydes is 1. The molecule has 0 saturated carbocycles. The van der Waals surface area contributed by atoms with Crippen LogP contribution in [0.4, 0.5) is 0 Å². The number of carbonyl (C=O) groups is 1. The van der Waals surface area contributed by atoms with Crippen LogP contribution in [0.3, 0.4) is 0 Å². The van der Waals surface area contributed by atoms with Gasteiger partial charge in [-0.25, -0.2) is 0 Å². The van der Waals surface area contributed by atoms with E-state index in [0.29, 0.717) is 0 Å². The van der Waals surface area contributed by atoms with Crippen LogP contribution in [0, 0.1) is 0 Å². The van der Waals surface area contributed by atoms with E-state index in [9.17, 15) is 4.79 Å². The molecule has 0 aliphatic rings. The van der Waals surface area contributed by atoms with Crippen molar-refractivity contribution in [3.63, 3.8) is 0 Å². The number of aromatic amines is 1. The summed E-state index contributed by atoms with van der Waals surface area (Å²) in [6.45, 7) is 0. The minimum Gasteiger partial charge on any atom is -0.353 e. The molecule has 18 heavy (non-hydrogen) atoms. The lowest BCUT2D eigenvalue weighted by atomic mass is 10.1. The minimum atomic E-state index is 0.770. The molecule has 0 bridgehead atoms. The lowest BCUT2D eigenvalue weighted by Crippen LogP contribution is -1.78. The molecule has 2 nitrogen and oxygen atoms in total. The second-order valence-corrected chi connectivity index (χ2v) is 5.34. The van der Waals surface area contributed by atoms with Crippen LogP contribution in [0.5, 0.6) is 0 Å². The molecule has 2 heterocycles. The molecular formula is C15H9NOS. The normalized spacial score (nSPS) is 11.6. The lowest BCUT2D eigenvalue weighted by molar-refractivity contribution is 0.112. The van der Waals surface area contributed by atoms with Gasteiger partial charge in [0, 0.05) is 26.6 Å². The summed E-state index contributed by atoms with van der Waals surface area (Å²) in [6, 6.07) is 14.1. The Kier molecular flexibility index (Phi) is 1.88. The van der Waals surface area contributed by atoms with Crippen molar-refractivity contribution in [3.8, 4) is 0 Å². The molecule has 2 aromatic carbocycles. The number of para-hydroxylation sites is 1. The number of carbonyl (C=O) groups excluding carboxylic acids is 1. The summed E-state index contributed by atoms with van der Waals surface area (Å²) in [6.07, 6.45) is 0.930. The van der Waals surface area contributed by atoms with Crippen LogP contribution in [-0.4, -0.2) is 11.3 Å². The largest absolute Gasteiger partial charge is 0.353 e. The Morgan fingerprint density at radius 2 is 1.78 bits per heavy atom. The topological polar surface area (TPSA) is 32.9 Å². The van der Waals surface area contributed by atoms with Gasteiger partial charge in [-0.15, -0.1) is 11.3 Å². The van der Waals surface area contributed by atoms with Crippen molar-refractivity contribution in [2.24, 2.45) is 0 Å². The van der Waals surface area contributed by atoms with Gasteiger partial charge in [0.1, 0.15) is 0 Å². The Balaban J connectivity index is 2.29. The van der Waals surface area contributed by atoms with Gasteiger partial charge in [-0.3, -0.25) is 4.79 Å². The molecule has 0 fully saturated rings. The number of thiophene rings is 1. The van der Waals surface area contributed by atoms with E-state index in [1.165, 1.54) is 10.1 Å².